The van der Waals surface area contributed by atoms with Crippen LogP contribution in [0.25, 0.3) is 0 Å². The standard InChI is InChI=1S/C8H10AsNO5.C7H6O3/c1-5(11)10-6-2-3-7(8(12)4-6)9(13,14)15;8-6-3-1-2-5(4-6)7(9)10/h2-4,12H,1H3,(H,10,11)(H2,13,14,15);1-4,8H,(H,9,10). The molecule has 0 atom stereocenters. The van der Waals surface area contributed by atoms with Gasteiger partial charge in [-0.2, -0.15) is 0 Å². The predicted octanol–water partition coefficient (Wildman–Crippen LogP) is 0.00200. The molecule has 0 aliphatic carbocycles. The summed E-state index contributed by atoms with van der Waals surface area (Å²) >= 11 is -5.09. The van der Waals surface area contributed by atoms with Crippen molar-refractivity contribution in [1.82, 2.24) is 0 Å². The van der Waals surface area contributed by atoms with Gasteiger partial charge in [-0.05, 0) is 18.2 Å². The largest absolute Gasteiger partial charge is 0.508 e. The molecule has 10 heteroatoms. The molecule has 9 nitrogen and oxygen atoms in total. The maximum Gasteiger partial charge on any atom is 0.335 e. The van der Waals surface area contributed by atoms with Gasteiger partial charge in [-0.15, -0.1) is 0 Å². The minimum absolute atomic E-state index is 0.0279. The summed E-state index contributed by atoms with van der Waals surface area (Å²) in [4.78, 5) is 20.9. The number of phenols is 2. The maximum atomic E-state index is 10.9. The molecule has 0 aliphatic rings. The van der Waals surface area contributed by atoms with E-state index in [2.05, 4.69) is 5.32 Å². The number of rotatable bonds is 3. The van der Waals surface area contributed by atoms with E-state index in [1.165, 1.54) is 37.3 Å². The Labute approximate surface area is 145 Å². The average Bonchev–Trinajstić information content (AvgIpc) is 2.45. The summed E-state index contributed by atoms with van der Waals surface area (Å²) < 4.78 is 28.2. The summed E-state index contributed by atoms with van der Waals surface area (Å²) in [5, 5.41) is 28.9. The van der Waals surface area contributed by atoms with E-state index >= 15 is 0 Å². The molecule has 0 aliphatic heterocycles. The molecule has 0 spiro atoms. The topological polar surface area (TPSA) is 164 Å². The summed E-state index contributed by atoms with van der Waals surface area (Å²) in [5.74, 6) is -1.91. The second-order valence-corrected chi connectivity index (χ2v) is 8.08. The number of amides is 1. The van der Waals surface area contributed by atoms with Gasteiger partial charge in [0.2, 0.25) is 0 Å². The van der Waals surface area contributed by atoms with Crippen LogP contribution in [0.3, 0.4) is 0 Å². The molecule has 134 valence electrons. The van der Waals surface area contributed by atoms with Gasteiger partial charge >= 0.3 is 94.1 Å². The van der Waals surface area contributed by atoms with Crippen molar-refractivity contribution in [3.8, 4) is 11.5 Å². The Morgan fingerprint density at radius 3 is 2.08 bits per heavy atom. The quantitative estimate of drug-likeness (QED) is 0.383. The van der Waals surface area contributed by atoms with E-state index in [0.717, 1.165) is 12.1 Å². The van der Waals surface area contributed by atoms with Crippen LogP contribution >= 0.6 is 0 Å². The summed E-state index contributed by atoms with van der Waals surface area (Å²) in [7, 11) is 0. The number of anilines is 1. The van der Waals surface area contributed by atoms with Gasteiger partial charge in [-0.1, -0.05) is 6.07 Å². The second-order valence-electron chi connectivity index (χ2n) is 4.78. The molecule has 0 saturated carbocycles. The van der Waals surface area contributed by atoms with Crippen molar-refractivity contribution in [2.24, 2.45) is 0 Å². The maximum absolute atomic E-state index is 10.9. The number of aromatic carboxylic acids is 1. The van der Waals surface area contributed by atoms with Crippen LogP contribution < -0.4 is 9.67 Å². The Bertz CT molecular complexity index is 830. The minimum atomic E-state index is -5.09. The molecule has 0 aromatic heterocycles. The number of aromatic hydroxyl groups is 2. The zero-order chi connectivity index (χ0) is 19.2. The third-order valence-corrected chi connectivity index (χ3v) is 4.81. The van der Waals surface area contributed by atoms with Crippen LogP contribution in [-0.4, -0.2) is 49.6 Å². The molecule has 2 aromatic carbocycles. The monoisotopic (exact) mass is 413 g/mol. The Balaban J connectivity index is 0.000000271. The molecule has 1 amide bonds. The molecule has 0 radical (unpaired) electrons. The summed E-state index contributed by atoms with van der Waals surface area (Å²) in [6.45, 7) is 1.29. The number of nitrogens with one attached hydrogen (secondary N) is 1. The molecule has 0 fully saturated rings. The van der Waals surface area contributed by atoms with Crippen LogP contribution in [0.4, 0.5) is 5.69 Å². The van der Waals surface area contributed by atoms with Crippen LogP contribution in [0.2, 0.25) is 0 Å². The Kier molecular flexibility index (Phi) is 6.81. The first kappa shape index (κ1) is 20.3. The third kappa shape index (κ3) is 6.72. The van der Waals surface area contributed by atoms with E-state index in [0.29, 0.717) is 0 Å². The summed E-state index contributed by atoms with van der Waals surface area (Å²) in [6.07, 6.45) is 0. The number of hydrogen-bond acceptors (Lipinski definition) is 5. The fourth-order valence-electron chi connectivity index (χ4n) is 1.69. The average molecular weight is 413 g/mol. The number of carboxylic acid groups (broad SMARTS) is 1. The van der Waals surface area contributed by atoms with Crippen molar-refractivity contribution < 1.29 is 36.8 Å². The zero-order valence-electron chi connectivity index (χ0n) is 12.9. The Morgan fingerprint density at radius 2 is 1.68 bits per heavy atom. The molecule has 25 heavy (non-hydrogen) atoms. The number of carbonyl (C=O) groups excluding carboxylic acids is 1. The van der Waals surface area contributed by atoms with Crippen LogP contribution in [0.1, 0.15) is 17.3 Å². The smallest absolute Gasteiger partial charge is 0.335 e. The van der Waals surface area contributed by atoms with Crippen molar-refractivity contribution in [2.75, 3.05) is 5.32 Å². The van der Waals surface area contributed by atoms with Gasteiger partial charge in [-0.25, -0.2) is 4.79 Å². The van der Waals surface area contributed by atoms with E-state index < -0.39 is 30.2 Å². The molecular formula is C15H16AsNO8. The van der Waals surface area contributed by atoms with Crippen molar-refractivity contribution in [1.29, 1.82) is 0 Å². The second kappa shape index (κ2) is 8.38. The van der Waals surface area contributed by atoms with Crippen molar-refractivity contribution in [2.45, 2.75) is 6.92 Å². The summed E-state index contributed by atoms with van der Waals surface area (Å²) in [5.41, 5.74) is 0.382. The number of carbonyl (C=O) groups is 2. The van der Waals surface area contributed by atoms with Gasteiger partial charge in [0, 0.05) is 0 Å². The third-order valence-electron chi connectivity index (χ3n) is 2.70. The predicted molar refractivity (Wildman–Crippen MR) is 88.0 cm³/mol. The van der Waals surface area contributed by atoms with Crippen LogP contribution in [0.5, 0.6) is 11.5 Å². The van der Waals surface area contributed by atoms with Gasteiger partial charge in [0.15, 0.2) is 0 Å². The van der Waals surface area contributed by atoms with Gasteiger partial charge in [0.1, 0.15) is 5.75 Å². The van der Waals surface area contributed by atoms with Gasteiger partial charge in [0.25, 0.3) is 0 Å². The van der Waals surface area contributed by atoms with Gasteiger partial charge in [-0.3, -0.25) is 0 Å². The number of benzene rings is 2. The first-order valence-electron chi connectivity index (χ1n) is 6.69. The van der Waals surface area contributed by atoms with Gasteiger partial charge in [0.05, 0.1) is 5.56 Å². The van der Waals surface area contributed by atoms with E-state index in [1.54, 1.807) is 0 Å². The molecular weight excluding hydrogens is 397 g/mol. The van der Waals surface area contributed by atoms with Crippen molar-refractivity contribution >= 4 is 36.1 Å². The molecule has 0 unspecified atom stereocenters. The van der Waals surface area contributed by atoms with E-state index in [-0.39, 0.29) is 22.9 Å². The normalized spacial score (nSPS) is 10.4. The number of phenolic OH excluding ortho intramolecular Hbond substituents is 2. The van der Waals surface area contributed by atoms with E-state index in [4.69, 9.17) is 18.4 Å². The van der Waals surface area contributed by atoms with Crippen LogP contribution in [0.15, 0.2) is 42.5 Å². The van der Waals surface area contributed by atoms with E-state index in [9.17, 15) is 18.4 Å². The Morgan fingerprint density at radius 1 is 1.04 bits per heavy atom. The van der Waals surface area contributed by atoms with Crippen molar-refractivity contribution in [3.05, 3.63) is 48.0 Å². The first-order chi connectivity index (χ1) is 11.5. The molecule has 2 aromatic rings. The van der Waals surface area contributed by atoms with Crippen molar-refractivity contribution in [3.63, 3.8) is 0 Å². The number of carboxylic acids is 1. The minimum Gasteiger partial charge on any atom is -0.508 e. The zero-order valence-corrected chi connectivity index (χ0v) is 14.8. The fourth-order valence-corrected chi connectivity index (χ4v) is 3.02. The van der Waals surface area contributed by atoms with Crippen LogP contribution in [0, 0.1) is 0 Å². The fraction of sp³-hybridized carbons (Fsp3) is 0.0667. The molecule has 6 N–H and O–H groups in total. The molecule has 0 heterocycles. The molecule has 2 rings (SSSR count). The number of hydrogen-bond donors (Lipinski definition) is 6. The summed E-state index contributed by atoms with van der Waals surface area (Å²) in [6, 6.07) is 9.03. The first-order valence-corrected chi connectivity index (χ1v) is 10.1. The van der Waals surface area contributed by atoms with Gasteiger partial charge < -0.3 is 10.2 Å². The Hall–Kier alpha value is -2.74. The molecule has 0 bridgehead atoms. The molecule has 0 saturated heterocycles. The SMILES string of the molecule is CC(=O)Nc1ccc([As](=O)(O)O)c(O)c1.O=C(O)c1cccc(O)c1. The van der Waals surface area contributed by atoms with E-state index in [1.807, 2.05) is 0 Å². The van der Waals surface area contributed by atoms with Crippen LogP contribution in [-0.2, 0) is 8.53 Å².